The third kappa shape index (κ3) is 7.24. The molecule has 0 aliphatic carbocycles. The number of fused-ring (bicyclic) bond motifs is 3. The van der Waals surface area contributed by atoms with Crippen molar-refractivity contribution in [2.75, 3.05) is 58.3 Å². The first-order chi connectivity index (χ1) is 24.0. The zero-order valence-electron chi connectivity index (χ0n) is 28.8. The van der Waals surface area contributed by atoms with Gasteiger partial charge in [0.2, 0.25) is 5.75 Å². The average molecular weight is 658 g/mol. The molecule has 0 unspecified atom stereocenters. The van der Waals surface area contributed by atoms with Gasteiger partial charge < -0.3 is 28.6 Å². The van der Waals surface area contributed by atoms with Gasteiger partial charge in [-0.05, 0) is 108 Å². The fourth-order valence-electron chi connectivity index (χ4n) is 7.13. The quantitative estimate of drug-likeness (QED) is 0.119. The van der Waals surface area contributed by atoms with E-state index in [0.29, 0.717) is 28.2 Å². The van der Waals surface area contributed by atoms with Crippen molar-refractivity contribution < 1.29 is 13.9 Å². The topological polar surface area (TPSA) is 58.4 Å². The summed E-state index contributed by atoms with van der Waals surface area (Å²) >= 11 is 0. The largest absolute Gasteiger partial charge is 0.452 e. The van der Waals surface area contributed by atoms with Crippen LogP contribution in [0.2, 0.25) is 0 Å². The van der Waals surface area contributed by atoms with Crippen molar-refractivity contribution in [3.05, 3.63) is 124 Å². The van der Waals surface area contributed by atoms with Gasteiger partial charge in [-0.1, -0.05) is 67.1 Å². The molecule has 1 saturated heterocycles. The van der Waals surface area contributed by atoms with Gasteiger partial charge >= 0.3 is 5.79 Å². The molecule has 0 saturated carbocycles. The lowest BCUT2D eigenvalue weighted by atomic mass is 9.97. The predicted molar refractivity (Wildman–Crippen MR) is 198 cm³/mol. The summed E-state index contributed by atoms with van der Waals surface area (Å²) in [6, 6.07) is 33.1. The summed E-state index contributed by atoms with van der Waals surface area (Å²) in [5.41, 5.74) is 3.91. The van der Waals surface area contributed by atoms with Crippen LogP contribution in [0.1, 0.15) is 49.7 Å². The van der Waals surface area contributed by atoms with Crippen LogP contribution in [0.15, 0.2) is 112 Å². The molecule has 0 N–H and O–H groups in total. The molecule has 7 rings (SSSR count). The molecule has 0 bridgehead atoms. The van der Waals surface area contributed by atoms with E-state index in [9.17, 15) is 4.79 Å². The number of ether oxygens (including phenoxy) is 2. The first-order valence-electron chi connectivity index (χ1n) is 17.8. The maximum atomic E-state index is 13.4. The van der Waals surface area contributed by atoms with Crippen LogP contribution in [0, 0.1) is 0 Å². The Morgan fingerprint density at radius 1 is 0.714 bits per heavy atom. The molecule has 5 aromatic rings. The molecule has 1 fully saturated rings. The third-order valence-corrected chi connectivity index (χ3v) is 9.96. The highest BCUT2D eigenvalue weighted by Crippen LogP contribution is 2.50. The zero-order chi connectivity index (χ0) is 33.6. The second-order valence-corrected chi connectivity index (χ2v) is 13.5. The zero-order valence-corrected chi connectivity index (χ0v) is 28.8. The second-order valence-electron chi connectivity index (χ2n) is 13.5. The Hall–Kier alpha value is -4.59. The monoisotopic (exact) mass is 657 g/mol. The average Bonchev–Trinajstić information content (AvgIpc) is 3.56. The standard InChI is InChI=1S/C42H47N3O4/c1-43(26-14-30-45-28-10-5-11-29-45)25-12-13-27-44(2)35-21-19-32(20-22-35)39-31-37(46)36-23-24-38-41(40(36)47-39)49-42(48-38,33-15-6-3-7-16-33)34-17-8-4-9-18-34/h3-4,6-9,15-24,31H,5,10-14,25-30H2,1-2H3. The van der Waals surface area contributed by atoms with Crippen LogP contribution >= 0.6 is 0 Å². The molecular weight excluding hydrogens is 610 g/mol. The Labute approximate surface area is 289 Å². The molecule has 0 atom stereocenters. The molecule has 0 radical (unpaired) electrons. The predicted octanol–water partition coefficient (Wildman–Crippen LogP) is 8.16. The van der Waals surface area contributed by atoms with E-state index in [1.54, 1.807) is 18.2 Å². The molecular formula is C42H47N3O4. The minimum atomic E-state index is -1.21. The van der Waals surface area contributed by atoms with E-state index in [4.69, 9.17) is 13.9 Å². The minimum Gasteiger partial charge on any atom is -0.452 e. The number of hydrogen-bond acceptors (Lipinski definition) is 7. The Morgan fingerprint density at radius 3 is 2.06 bits per heavy atom. The highest BCUT2D eigenvalue weighted by molar-refractivity contribution is 5.87. The van der Waals surface area contributed by atoms with Crippen molar-refractivity contribution in [1.82, 2.24) is 9.80 Å². The maximum Gasteiger partial charge on any atom is 0.305 e. The first-order valence-corrected chi connectivity index (χ1v) is 17.8. The van der Waals surface area contributed by atoms with Gasteiger partial charge in [0.25, 0.3) is 0 Å². The smallest absolute Gasteiger partial charge is 0.305 e. The number of nitrogens with zero attached hydrogens (tertiary/aromatic N) is 3. The fraction of sp³-hybridized carbons (Fsp3) is 0.357. The van der Waals surface area contributed by atoms with Crippen molar-refractivity contribution in [3.8, 4) is 22.8 Å². The normalized spacial score (nSPS) is 15.6. The number of likely N-dealkylation sites (tertiary alicyclic amines) is 1. The van der Waals surface area contributed by atoms with Crippen molar-refractivity contribution in [1.29, 1.82) is 0 Å². The lowest BCUT2D eigenvalue weighted by Crippen LogP contribution is -2.36. The summed E-state index contributed by atoms with van der Waals surface area (Å²) in [5, 5.41) is 0.451. The van der Waals surface area contributed by atoms with E-state index in [1.165, 1.54) is 58.3 Å². The van der Waals surface area contributed by atoms with Gasteiger partial charge in [0.05, 0.1) is 5.39 Å². The summed E-state index contributed by atoms with van der Waals surface area (Å²) in [5.74, 6) is 0.237. The SMILES string of the molecule is CN(CCCCN(C)c1ccc(-c2cc(=O)c3ccc4c(c3o2)OC(c2ccccc2)(c2ccccc2)O4)cc1)CCCN1CCCCC1. The van der Waals surface area contributed by atoms with Crippen LogP contribution in [-0.4, -0.2) is 63.2 Å². The molecule has 0 amide bonds. The fourth-order valence-corrected chi connectivity index (χ4v) is 7.13. The van der Waals surface area contributed by atoms with Gasteiger partial charge in [-0.2, -0.15) is 0 Å². The molecule has 4 aromatic carbocycles. The lowest BCUT2D eigenvalue weighted by molar-refractivity contribution is -0.0456. The molecule has 2 aliphatic rings. The van der Waals surface area contributed by atoms with Gasteiger partial charge in [0.15, 0.2) is 16.8 Å². The van der Waals surface area contributed by atoms with Crippen LogP contribution < -0.4 is 19.8 Å². The van der Waals surface area contributed by atoms with Gasteiger partial charge in [-0.3, -0.25) is 4.79 Å². The maximum absolute atomic E-state index is 13.4. The number of benzene rings is 4. The number of anilines is 1. The molecule has 3 heterocycles. The van der Waals surface area contributed by atoms with Crippen molar-refractivity contribution in [2.45, 2.75) is 44.3 Å². The Kier molecular flexibility index (Phi) is 10.0. The summed E-state index contributed by atoms with van der Waals surface area (Å²) in [7, 11) is 4.39. The molecule has 254 valence electrons. The Bertz CT molecular complexity index is 1850. The number of hydrogen-bond donors (Lipinski definition) is 0. The van der Waals surface area contributed by atoms with E-state index in [0.717, 1.165) is 41.9 Å². The highest BCUT2D eigenvalue weighted by atomic mass is 16.7. The van der Waals surface area contributed by atoms with Crippen molar-refractivity contribution >= 4 is 16.7 Å². The minimum absolute atomic E-state index is 0.128. The van der Waals surface area contributed by atoms with Crippen LogP contribution in [0.5, 0.6) is 11.5 Å². The van der Waals surface area contributed by atoms with Crippen molar-refractivity contribution in [2.24, 2.45) is 0 Å². The van der Waals surface area contributed by atoms with Crippen LogP contribution in [-0.2, 0) is 5.79 Å². The second kappa shape index (κ2) is 14.9. The van der Waals surface area contributed by atoms with E-state index in [-0.39, 0.29) is 5.43 Å². The molecule has 49 heavy (non-hydrogen) atoms. The number of rotatable bonds is 13. The van der Waals surface area contributed by atoms with E-state index in [1.807, 2.05) is 72.8 Å². The Morgan fingerprint density at radius 2 is 1.37 bits per heavy atom. The van der Waals surface area contributed by atoms with E-state index < -0.39 is 5.79 Å². The summed E-state index contributed by atoms with van der Waals surface area (Å²) < 4.78 is 19.8. The van der Waals surface area contributed by atoms with Gasteiger partial charge in [-0.15, -0.1) is 0 Å². The molecule has 2 aliphatic heterocycles. The van der Waals surface area contributed by atoms with E-state index in [2.05, 4.69) is 40.9 Å². The number of piperidine rings is 1. The van der Waals surface area contributed by atoms with Gasteiger partial charge in [0, 0.05) is 42.0 Å². The molecule has 7 nitrogen and oxygen atoms in total. The number of unbranched alkanes of at least 4 members (excludes halogenated alkanes) is 1. The third-order valence-electron chi connectivity index (χ3n) is 9.96. The summed E-state index contributed by atoms with van der Waals surface area (Å²) in [4.78, 5) is 20.8. The van der Waals surface area contributed by atoms with E-state index >= 15 is 0 Å². The summed E-state index contributed by atoms with van der Waals surface area (Å²) in [6.07, 6.45) is 7.70. The van der Waals surface area contributed by atoms with Crippen LogP contribution in [0.25, 0.3) is 22.3 Å². The molecule has 7 heteroatoms. The molecule has 1 aromatic heterocycles. The first kappa shape index (κ1) is 32.9. The van der Waals surface area contributed by atoms with Gasteiger partial charge in [0.1, 0.15) is 5.76 Å². The summed E-state index contributed by atoms with van der Waals surface area (Å²) in [6.45, 7) is 7.08. The van der Waals surface area contributed by atoms with Crippen LogP contribution in [0.3, 0.4) is 0 Å². The molecule has 0 spiro atoms. The van der Waals surface area contributed by atoms with Crippen LogP contribution in [0.4, 0.5) is 5.69 Å². The van der Waals surface area contributed by atoms with Crippen molar-refractivity contribution in [3.63, 3.8) is 0 Å². The Balaban J connectivity index is 1.01. The van der Waals surface area contributed by atoms with Gasteiger partial charge in [-0.25, -0.2) is 0 Å². The highest BCUT2D eigenvalue weighted by Gasteiger charge is 2.46. The lowest BCUT2D eigenvalue weighted by Gasteiger charge is -2.28.